The second kappa shape index (κ2) is 5.01. The fourth-order valence-electron chi connectivity index (χ4n) is 5.10. The van der Waals surface area contributed by atoms with E-state index in [1.807, 2.05) is 30.3 Å². The van der Waals surface area contributed by atoms with E-state index in [0.717, 1.165) is 23.0 Å². The third-order valence-corrected chi connectivity index (χ3v) is 5.78. The summed E-state index contributed by atoms with van der Waals surface area (Å²) >= 11 is 0. The summed E-state index contributed by atoms with van der Waals surface area (Å²) in [6, 6.07) is 10.1. The summed E-state index contributed by atoms with van der Waals surface area (Å²) in [7, 11) is 0. The van der Waals surface area contributed by atoms with E-state index < -0.39 is 0 Å². The van der Waals surface area contributed by atoms with Gasteiger partial charge < -0.3 is 5.21 Å². The van der Waals surface area contributed by atoms with Gasteiger partial charge in [-0.2, -0.15) is 0 Å². The summed E-state index contributed by atoms with van der Waals surface area (Å²) in [6.07, 6.45) is 6.48. The molecule has 0 radical (unpaired) electrons. The van der Waals surface area contributed by atoms with Crippen LogP contribution in [0, 0.1) is 28.9 Å². The second-order valence-corrected chi connectivity index (χ2v) is 7.24. The summed E-state index contributed by atoms with van der Waals surface area (Å²) in [4.78, 5) is 0. The molecule has 2 heteroatoms. The maximum absolute atomic E-state index is 12.7. The van der Waals surface area contributed by atoms with E-state index in [9.17, 15) is 5.21 Å². The molecule has 21 heavy (non-hydrogen) atoms. The van der Waals surface area contributed by atoms with Gasteiger partial charge in [0.2, 0.25) is 0 Å². The van der Waals surface area contributed by atoms with Crippen LogP contribution in [0.1, 0.15) is 37.7 Å². The number of rotatable bonds is 3. The van der Waals surface area contributed by atoms with Gasteiger partial charge in [0, 0.05) is 17.4 Å². The summed E-state index contributed by atoms with van der Waals surface area (Å²) in [5.74, 6) is 2.95. The van der Waals surface area contributed by atoms with Gasteiger partial charge in [0.1, 0.15) is 0 Å². The van der Waals surface area contributed by atoms with Gasteiger partial charge in [-0.05, 0) is 49.5 Å². The van der Waals surface area contributed by atoms with Crippen molar-refractivity contribution in [1.29, 1.82) is 0 Å². The van der Waals surface area contributed by atoms with E-state index in [4.69, 9.17) is 0 Å². The van der Waals surface area contributed by atoms with Gasteiger partial charge in [0.05, 0.1) is 0 Å². The Bertz CT molecular complexity index is 557. The number of benzene rings is 1. The Morgan fingerprint density at radius 2 is 1.57 bits per heavy atom. The summed E-state index contributed by atoms with van der Waals surface area (Å²) in [5, 5.41) is 12.7. The second-order valence-electron chi connectivity index (χ2n) is 7.24. The predicted molar refractivity (Wildman–Crippen MR) is 86.0 cm³/mol. The molecule has 0 amide bonds. The zero-order valence-electron chi connectivity index (χ0n) is 12.5. The molecule has 0 atom stereocenters. The molecule has 0 spiro atoms. The maximum Gasteiger partial charge on any atom is 0.178 e. The summed E-state index contributed by atoms with van der Waals surface area (Å²) < 4.78 is 1.29. The molecular formula is C19H23NO. The molecule has 0 unspecified atom stereocenters. The monoisotopic (exact) mass is 281 g/mol. The topological polar surface area (TPSA) is 26.1 Å². The molecule has 1 aromatic rings. The highest BCUT2D eigenvalue weighted by atomic mass is 16.5. The molecule has 0 aromatic heterocycles. The molecular weight excluding hydrogens is 258 g/mol. The van der Waals surface area contributed by atoms with Crippen LogP contribution >= 0.6 is 0 Å². The van der Waals surface area contributed by atoms with Crippen molar-refractivity contribution in [2.45, 2.75) is 32.1 Å². The molecule has 4 aliphatic carbocycles. The van der Waals surface area contributed by atoms with E-state index in [0.29, 0.717) is 18.4 Å². The Kier molecular flexibility index (Phi) is 3.13. The highest BCUT2D eigenvalue weighted by molar-refractivity contribution is 5.87. The first-order valence-electron chi connectivity index (χ1n) is 8.25. The number of nitrogens with zero attached hydrogens (tertiary/aromatic N) is 1. The van der Waals surface area contributed by atoms with Crippen molar-refractivity contribution in [2.75, 3.05) is 6.54 Å². The van der Waals surface area contributed by atoms with Crippen LogP contribution < -0.4 is 0 Å². The van der Waals surface area contributed by atoms with Crippen molar-refractivity contribution in [3.8, 4) is 0 Å². The van der Waals surface area contributed by atoms with Crippen LogP contribution in [-0.4, -0.2) is 17.0 Å². The van der Waals surface area contributed by atoms with Gasteiger partial charge in [-0.3, -0.25) is 0 Å². The molecule has 4 aliphatic rings. The molecule has 0 saturated heterocycles. The van der Waals surface area contributed by atoms with E-state index in [2.05, 4.69) is 6.58 Å². The van der Waals surface area contributed by atoms with Gasteiger partial charge in [0.25, 0.3) is 0 Å². The lowest BCUT2D eigenvalue weighted by molar-refractivity contribution is -0.451. The third kappa shape index (κ3) is 2.31. The van der Waals surface area contributed by atoms with Crippen molar-refractivity contribution in [3.63, 3.8) is 0 Å². The lowest BCUT2D eigenvalue weighted by atomic mass is 9.55. The standard InChI is InChI=1S/C19H23NO/c1-13(16-5-3-2-4-6-16)12-20(21)19-17-8-14-7-15(10-17)11-18(19)9-14/h2-6,14-15,17-18H,1,7-12H2. The number of hydrogen-bond donors (Lipinski definition) is 0. The van der Waals surface area contributed by atoms with Gasteiger partial charge in [-0.15, -0.1) is 0 Å². The van der Waals surface area contributed by atoms with Crippen LogP contribution in [-0.2, 0) is 0 Å². The Hall–Kier alpha value is -1.57. The van der Waals surface area contributed by atoms with E-state index in [1.165, 1.54) is 42.6 Å². The normalized spacial score (nSPS) is 33.2. The van der Waals surface area contributed by atoms with Crippen LogP contribution in [0.3, 0.4) is 0 Å². The Labute approximate surface area is 126 Å². The molecule has 5 rings (SSSR count). The van der Waals surface area contributed by atoms with E-state index in [1.54, 1.807) is 0 Å². The number of hydrogen-bond acceptors (Lipinski definition) is 1. The number of hydroxylamine groups is 1. The third-order valence-electron chi connectivity index (χ3n) is 5.78. The lowest BCUT2D eigenvalue weighted by Crippen LogP contribution is -2.48. The zero-order valence-corrected chi connectivity index (χ0v) is 12.5. The molecule has 4 bridgehead atoms. The van der Waals surface area contributed by atoms with Gasteiger partial charge in [-0.25, -0.2) is 4.74 Å². The van der Waals surface area contributed by atoms with Gasteiger partial charge >= 0.3 is 0 Å². The van der Waals surface area contributed by atoms with Gasteiger partial charge in [0.15, 0.2) is 12.3 Å². The molecule has 0 N–H and O–H groups in total. The van der Waals surface area contributed by atoms with Crippen LogP contribution in [0.2, 0.25) is 0 Å². The van der Waals surface area contributed by atoms with Gasteiger partial charge in [-0.1, -0.05) is 36.9 Å². The summed E-state index contributed by atoms with van der Waals surface area (Å²) in [5.41, 5.74) is 3.23. The van der Waals surface area contributed by atoms with E-state index in [-0.39, 0.29) is 0 Å². The molecule has 110 valence electrons. The first-order chi connectivity index (χ1) is 10.2. The van der Waals surface area contributed by atoms with Crippen molar-refractivity contribution >= 4 is 11.3 Å². The smallest absolute Gasteiger partial charge is 0.178 e. The first-order valence-corrected chi connectivity index (χ1v) is 8.25. The van der Waals surface area contributed by atoms with Crippen molar-refractivity contribution in [2.24, 2.45) is 23.7 Å². The molecule has 0 heterocycles. The van der Waals surface area contributed by atoms with Crippen LogP contribution in [0.25, 0.3) is 5.57 Å². The van der Waals surface area contributed by atoms with Crippen molar-refractivity contribution in [1.82, 2.24) is 0 Å². The van der Waals surface area contributed by atoms with Crippen molar-refractivity contribution < 1.29 is 4.74 Å². The van der Waals surface area contributed by atoms with E-state index >= 15 is 0 Å². The fourth-order valence-corrected chi connectivity index (χ4v) is 5.10. The average Bonchev–Trinajstić information content (AvgIpc) is 2.47. The molecule has 4 fully saturated rings. The fraction of sp³-hybridized carbons (Fsp3) is 0.526. The minimum absolute atomic E-state index is 0.432. The highest BCUT2D eigenvalue weighted by Crippen LogP contribution is 2.52. The molecule has 0 aliphatic heterocycles. The van der Waals surface area contributed by atoms with Crippen molar-refractivity contribution in [3.05, 3.63) is 47.7 Å². The zero-order chi connectivity index (χ0) is 14.4. The molecule has 4 saturated carbocycles. The maximum atomic E-state index is 12.7. The molecule has 1 aromatic carbocycles. The Balaban J connectivity index is 1.56. The predicted octanol–water partition coefficient (Wildman–Crippen LogP) is 4.11. The minimum atomic E-state index is 0.432. The minimum Gasteiger partial charge on any atom is -0.624 e. The molecule has 2 nitrogen and oxygen atoms in total. The highest BCUT2D eigenvalue weighted by Gasteiger charge is 2.49. The Morgan fingerprint density at radius 1 is 1.00 bits per heavy atom. The quantitative estimate of drug-likeness (QED) is 0.465. The van der Waals surface area contributed by atoms with Crippen LogP contribution in [0.5, 0.6) is 0 Å². The average molecular weight is 281 g/mol. The first kappa shape index (κ1) is 13.1. The largest absolute Gasteiger partial charge is 0.624 e. The Morgan fingerprint density at radius 3 is 2.14 bits per heavy atom. The SMILES string of the molecule is C=C(C[N+]([O-])=C1C2CC3CC(C2)CC1C3)c1ccccc1. The van der Waals surface area contributed by atoms with Crippen LogP contribution in [0.15, 0.2) is 36.9 Å². The summed E-state index contributed by atoms with van der Waals surface area (Å²) in [6.45, 7) is 4.55. The van der Waals surface area contributed by atoms with Crippen LogP contribution in [0.4, 0.5) is 0 Å². The lowest BCUT2D eigenvalue weighted by Gasteiger charge is -2.48.